The average molecular weight is 380 g/mol. The average Bonchev–Trinajstić information content (AvgIpc) is 3.27. The van der Waals surface area contributed by atoms with Gasteiger partial charge in [-0.1, -0.05) is 36.4 Å². The summed E-state index contributed by atoms with van der Waals surface area (Å²) < 4.78 is 0. The maximum absolute atomic E-state index is 12.5. The first-order chi connectivity index (χ1) is 13.7. The smallest absolute Gasteiger partial charge is 0.251 e. The molecule has 0 bridgehead atoms. The Morgan fingerprint density at radius 1 is 1.21 bits per heavy atom. The van der Waals surface area contributed by atoms with Crippen molar-refractivity contribution in [2.24, 2.45) is 0 Å². The van der Waals surface area contributed by atoms with Crippen LogP contribution >= 0.6 is 0 Å². The second-order valence-corrected chi connectivity index (χ2v) is 7.89. The lowest BCUT2D eigenvalue weighted by atomic mass is 10.00. The molecule has 2 aliphatic heterocycles. The van der Waals surface area contributed by atoms with Crippen LogP contribution in [0, 0.1) is 0 Å². The molecule has 0 saturated carbocycles. The van der Waals surface area contributed by atoms with Crippen LogP contribution in [0.25, 0.3) is 0 Å². The van der Waals surface area contributed by atoms with Gasteiger partial charge in [-0.25, -0.2) is 0 Å². The van der Waals surface area contributed by atoms with Gasteiger partial charge >= 0.3 is 0 Å². The number of nitrogens with zero attached hydrogens (tertiary/aromatic N) is 1. The van der Waals surface area contributed by atoms with E-state index in [9.17, 15) is 9.90 Å². The molecule has 1 amide bonds. The van der Waals surface area contributed by atoms with E-state index in [-0.39, 0.29) is 12.5 Å². The van der Waals surface area contributed by atoms with Crippen LogP contribution in [0.2, 0.25) is 0 Å². The number of carbonyl (C=O) groups excluding carboxylic acids is 1. The highest BCUT2D eigenvalue weighted by molar-refractivity contribution is 5.94. The Morgan fingerprint density at radius 3 is 2.89 bits per heavy atom. The molecule has 1 saturated heterocycles. The van der Waals surface area contributed by atoms with Gasteiger partial charge in [-0.2, -0.15) is 0 Å². The zero-order valence-electron chi connectivity index (χ0n) is 16.2. The number of nitrogens with one attached hydrogen (secondary N) is 2. The SMILES string of the molecule is O=C(NCC(O)CN1CCc2ccccc2C1)c1cccc(C2CCCN2)c1. The Kier molecular flexibility index (Phi) is 6.05. The molecular weight excluding hydrogens is 350 g/mol. The molecule has 28 heavy (non-hydrogen) atoms. The second-order valence-electron chi connectivity index (χ2n) is 7.89. The number of carbonyl (C=O) groups is 1. The zero-order valence-corrected chi connectivity index (χ0v) is 16.2. The van der Waals surface area contributed by atoms with Crippen molar-refractivity contribution in [1.82, 2.24) is 15.5 Å². The van der Waals surface area contributed by atoms with E-state index < -0.39 is 6.10 Å². The molecule has 2 aromatic carbocycles. The van der Waals surface area contributed by atoms with Crippen LogP contribution in [0.4, 0.5) is 0 Å². The van der Waals surface area contributed by atoms with E-state index in [1.807, 2.05) is 18.2 Å². The molecule has 3 N–H and O–H groups in total. The largest absolute Gasteiger partial charge is 0.390 e. The second kappa shape index (κ2) is 8.86. The maximum atomic E-state index is 12.5. The van der Waals surface area contributed by atoms with E-state index >= 15 is 0 Å². The van der Waals surface area contributed by atoms with Crippen molar-refractivity contribution >= 4 is 5.91 Å². The summed E-state index contributed by atoms with van der Waals surface area (Å²) >= 11 is 0. The van der Waals surface area contributed by atoms with Gasteiger partial charge in [0.1, 0.15) is 0 Å². The number of hydrogen-bond acceptors (Lipinski definition) is 4. The van der Waals surface area contributed by atoms with E-state index in [0.717, 1.165) is 38.0 Å². The van der Waals surface area contributed by atoms with E-state index in [2.05, 4.69) is 45.9 Å². The molecule has 0 radical (unpaired) electrons. The van der Waals surface area contributed by atoms with Crippen LogP contribution < -0.4 is 10.6 Å². The Morgan fingerprint density at radius 2 is 2.07 bits per heavy atom. The summed E-state index contributed by atoms with van der Waals surface area (Å²) in [6, 6.07) is 16.6. The van der Waals surface area contributed by atoms with Crippen LogP contribution in [-0.2, 0) is 13.0 Å². The molecular formula is C23H29N3O2. The lowest BCUT2D eigenvalue weighted by Gasteiger charge is -2.30. The van der Waals surface area contributed by atoms with Gasteiger partial charge in [-0.15, -0.1) is 0 Å². The fourth-order valence-corrected chi connectivity index (χ4v) is 4.25. The van der Waals surface area contributed by atoms with Gasteiger partial charge in [0.15, 0.2) is 0 Å². The predicted octanol–water partition coefficient (Wildman–Crippen LogP) is 2.26. The third kappa shape index (κ3) is 4.61. The van der Waals surface area contributed by atoms with Crippen molar-refractivity contribution in [1.29, 1.82) is 0 Å². The molecule has 148 valence electrons. The van der Waals surface area contributed by atoms with Gasteiger partial charge in [0.2, 0.25) is 0 Å². The van der Waals surface area contributed by atoms with Crippen LogP contribution in [0.3, 0.4) is 0 Å². The van der Waals surface area contributed by atoms with Crippen molar-refractivity contribution in [3.63, 3.8) is 0 Å². The standard InChI is InChI=1S/C23H29N3O2/c27-21(16-26-12-10-17-5-1-2-6-20(17)15-26)14-25-23(28)19-8-3-7-18(13-19)22-9-4-11-24-22/h1-3,5-8,13,21-22,24,27H,4,9-12,14-16H2,(H,25,28). The molecule has 0 aromatic heterocycles. The van der Waals surface area contributed by atoms with Crippen molar-refractivity contribution in [2.45, 2.75) is 38.0 Å². The molecule has 5 nitrogen and oxygen atoms in total. The fourth-order valence-electron chi connectivity index (χ4n) is 4.25. The number of amides is 1. The zero-order chi connectivity index (χ0) is 19.3. The lowest BCUT2D eigenvalue weighted by molar-refractivity contribution is 0.0841. The summed E-state index contributed by atoms with van der Waals surface area (Å²) in [6.45, 7) is 3.67. The number of fused-ring (bicyclic) bond motifs is 1. The third-order valence-electron chi connectivity index (χ3n) is 5.79. The fraction of sp³-hybridized carbons (Fsp3) is 0.435. The highest BCUT2D eigenvalue weighted by Gasteiger charge is 2.20. The third-order valence-corrected chi connectivity index (χ3v) is 5.79. The summed E-state index contributed by atoms with van der Waals surface area (Å²) in [4.78, 5) is 14.8. The van der Waals surface area contributed by atoms with Gasteiger partial charge in [0.05, 0.1) is 6.10 Å². The highest BCUT2D eigenvalue weighted by Crippen LogP contribution is 2.23. The van der Waals surface area contributed by atoms with E-state index in [0.29, 0.717) is 18.2 Å². The molecule has 0 spiro atoms. The van der Waals surface area contributed by atoms with Gasteiger partial charge in [0.25, 0.3) is 5.91 Å². The predicted molar refractivity (Wildman–Crippen MR) is 110 cm³/mol. The first-order valence-corrected chi connectivity index (χ1v) is 10.3. The summed E-state index contributed by atoms with van der Waals surface area (Å²) in [5.41, 5.74) is 4.56. The molecule has 2 heterocycles. The molecule has 0 aliphatic carbocycles. The quantitative estimate of drug-likeness (QED) is 0.720. The summed E-state index contributed by atoms with van der Waals surface area (Å²) in [6.07, 6.45) is 2.72. The topological polar surface area (TPSA) is 64.6 Å². The van der Waals surface area contributed by atoms with Crippen molar-refractivity contribution in [3.8, 4) is 0 Å². The van der Waals surface area contributed by atoms with E-state index in [4.69, 9.17) is 0 Å². The van der Waals surface area contributed by atoms with Crippen LogP contribution in [-0.4, -0.2) is 48.2 Å². The normalized spacial score (nSPS) is 20.5. The van der Waals surface area contributed by atoms with Crippen LogP contribution in [0.15, 0.2) is 48.5 Å². The Hall–Kier alpha value is -2.21. The van der Waals surface area contributed by atoms with Gasteiger partial charge < -0.3 is 15.7 Å². The molecule has 2 unspecified atom stereocenters. The lowest BCUT2D eigenvalue weighted by Crippen LogP contribution is -2.42. The minimum absolute atomic E-state index is 0.122. The molecule has 4 rings (SSSR count). The van der Waals surface area contributed by atoms with Crippen molar-refractivity contribution < 1.29 is 9.90 Å². The van der Waals surface area contributed by atoms with Gasteiger partial charge in [0, 0.05) is 37.8 Å². The van der Waals surface area contributed by atoms with Crippen molar-refractivity contribution in [3.05, 3.63) is 70.8 Å². The first-order valence-electron chi connectivity index (χ1n) is 10.3. The van der Waals surface area contributed by atoms with E-state index in [1.165, 1.54) is 17.5 Å². The molecule has 2 atom stereocenters. The summed E-state index contributed by atoms with van der Waals surface area (Å²) in [5.74, 6) is -0.122. The van der Waals surface area contributed by atoms with Crippen LogP contribution in [0.5, 0.6) is 0 Å². The number of aliphatic hydroxyl groups is 1. The highest BCUT2D eigenvalue weighted by atomic mass is 16.3. The maximum Gasteiger partial charge on any atom is 0.251 e. The Bertz CT molecular complexity index is 817. The van der Waals surface area contributed by atoms with Gasteiger partial charge in [-0.05, 0) is 54.6 Å². The summed E-state index contributed by atoms with van der Waals surface area (Å²) in [7, 11) is 0. The minimum Gasteiger partial charge on any atom is -0.390 e. The Labute approximate surface area is 166 Å². The Balaban J connectivity index is 1.27. The number of rotatable bonds is 6. The van der Waals surface area contributed by atoms with Crippen LogP contribution in [0.1, 0.15) is 45.9 Å². The van der Waals surface area contributed by atoms with Gasteiger partial charge in [-0.3, -0.25) is 9.69 Å². The molecule has 5 heteroatoms. The number of benzene rings is 2. The number of aliphatic hydroxyl groups excluding tert-OH is 1. The monoisotopic (exact) mass is 379 g/mol. The molecule has 2 aromatic rings. The molecule has 2 aliphatic rings. The number of β-amino-alcohol motifs (C(OH)–C–C–N with tert-alkyl or cyclic N) is 1. The van der Waals surface area contributed by atoms with Crippen molar-refractivity contribution in [2.75, 3.05) is 26.2 Å². The first kappa shape index (κ1) is 19.1. The molecule has 1 fully saturated rings. The summed E-state index contributed by atoms with van der Waals surface area (Å²) in [5, 5.41) is 16.8. The number of hydrogen-bond donors (Lipinski definition) is 3. The van der Waals surface area contributed by atoms with E-state index in [1.54, 1.807) is 0 Å². The minimum atomic E-state index is -0.575.